The van der Waals surface area contributed by atoms with Crippen molar-refractivity contribution in [3.8, 4) is 5.75 Å². The number of halogens is 1. The van der Waals surface area contributed by atoms with Gasteiger partial charge in [0.1, 0.15) is 5.75 Å². The molecule has 1 N–H and O–H groups in total. The number of alkyl halides is 1. The van der Waals surface area contributed by atoms with Gasteiger partial charge < -0.3 is 14.8 Å². The minimum Gasteiger partial charge on any atom is -0.480 e. The number of methoxy groups -OCH3 is 1. The molecule has 1 heterocycles. The van der Waals surface area contributed by atoms with Crippen LogP contribution in [-0.2, 0) is 16.0 Å². The number of nitrogens with one attached hydrogen (secondary N) is 1. The highest BCUT2D eigenvalue weighted by atomic mass is 79.9. The molecule has 2 atom stereocenters. The number of fused-ring (bicyclic) bond motifs is 1. The van der Waals surface area contributed by atoms with E-state index in [4.69, 9.17) is 9.47 Å². The Kier molecular flexibility index (Phi) is 5.22. The third-order valence-electron chi connectivity index (χ3n) is 3.04. The van der Waals surface area contributed by atoms with Gasteiger partial charge in [0.15, 0.2) is 6.10 Å². The summed E-state index contributed by atoms with van der Waals surface area (Å²) in [6.07, 6.45) is 1.09. The van der Waals surface area contributed by atoms with Crippen molar-refractivity contribution in [1.82, 2.24) is 5.32 Å². The Morgan fingerprint density at radius 1 is 1.58 bits per heavy atom. The number of carbonyl (C=O) groups is 1. The number of rotatable bonds is 6. The van der Waals surface area contributed by atoms with Gasteiger partial charge in [0.05, 0.1) is 6.61 Å². The summed E-state index contributed by atoms with van der Waals surface area (Å²) in [6, 6.07) is 7.77. The standard InChI is InChI=1S/C14H18BrNO3/c1-18-9-11(15)6-7-16-14(17)13-8-10-4-2-3-5-12(10)19-13/h2-5,11,13H,6-9H2,1H3,(H,16,17). The van der Waals surface area contributed by atoms with Crippen molar-refractivity contribution >= 4 is 21.8 Å². The molecule has 1 aromatic rings. The molecule has 1 aliphatic heterocycles. The summed E-state index contributed by atoms with van der Waals surface area (Å²) in [5.74, 6) is 0.772. The molecule has 0 aliphatic carbocycles. The average Bonchev–Trinajstić information content (AvgIpc) is 2.82. The number of carbonyl (C=O) groups excluding carboxylic acids is 1. The summed E-state index contributed by atoms with van der Waals surface area (Å²) in [6.45, 7) is 1.26. The Morgan fingerprint density at radius 3 is 3.11 bits per heavy atom. The smallest absolute Gasteiger partial charge is 0.261 e. The van der Waals surface area contributed by atoms with E-state index in [2.05, 4.69) is 21.2 Å². The summed E-state index contributed by atoms with van der Waals surface area (Å²) >= 11 is 3.49. The SMILES string of the molecule is COCC(Br)CCNC(=O)C1Cc2ccccc2O1. The van der Waals surface area contributed by atoms with E-state index in [0.29, 0.717) is 19.6 Å². The third-order valence-corrected chi connectivity index (χ3v) is 3.77. The van der Waals surface area contributed by atoms with Crippen molar-refractivity contribution in [3.63, 3.8) is 0 Å². The third kappa shape index (κ3) is 3.94. The van der Waals surface area contributed by atoms with Gasteiger partial charge in [-0.1, -0.05) is 34.1 Å². The van der Waals surface area contributed by atoms with Gasteiger partial charge in [-0.3, -0.25) is 4.79 Å². The number of benzene rings is 1. The molecule has 4 nitrogen and oxygen atoms in total. The second kappa shape index (κ2) is 6.91. The van der Waals surface area contributed by atoms with Gasteiger partial charge in [0, 0.05) is 24.9 Å². The summed E-state index contributed by atoms with van der Waals surface area (Å²) in [5.41, 5.74) is 1.10. The molecule has 0 saturated carbocycles. The van der Waals surface area contributed by atoms with Gasteiger partial charge in [0.25, 0.3) is 5.91 Å². The minimum atomic E-state index is -0.395. The molecule has 0 radical (unpaired) electrons. The number of amides is 1. The minimum absolute atomic E-state index is 0.0479. The van der Waals surface area contributed by atoms with Gasteiger partial charge in [-0.2, -0.15) is 0 Å². The lowest BCUT2D eigenvalue weighted by Gasteiger charge is -2.13. The van der Waals surface area contributed by atoms with E-state index < -0.39 is 6.10 Å². The van der Waals surface area contributed by atoms with Crippen molar-refractivity contribution < 1.29 is 14.3 Å². The average molecular weight is 328 g/mol. The second-order valence-corrected chi connectivity index (χ2v) is 5.85. The van der Waals surface area contributed by atoms with Crippen molar-refractivity contribution in [2.24, 2.45) is 0 Å². The predicted molar refractivity (Wildman–Crippen MR) is 76.8 cm³/mol. The molecule has 19 heavy (non-hydrogen) atoms. The van der Waals surface area contributed by atoms with Crippen LogP contribution >= 0.6 is 15.9 Å². The van der Waals surface area contributed by atoms with Crippen molar-refractivity contribution in [2.45, 2.75) is 23.8 Å². The normalized spacial score (nSPS) is 18.5. The first-order chi connectivity index (χ1) is 9.20. The Morgan fingerprint density at radius 2 is 2.37 bits per heavy atom. The maximum absolute atomic E-state index is 12.0. The highest BCUT2D eigenvalue weighted by molar-refractivity contribution is 9.09. The highest BCUT2D eigenvalue weighted by Crippen LogP contribution is 2.28. The van der Waals surface area contributed by atoms with E-state index in [9.17, 15) is 4.79 Å². The number of ether oxygens (including phenoxy) is 2. The van der Waals surface area contributed by atoms with Crippen molar-refractivity contribution in [2.75, 3.05) is 20.3 Å². The molecule has 2 unspecified atom stereocenters. The zero-order chi connectivity index (χ0) is 13.7. The topological polar surface area (TPSA) is 47.6 Å². The van der Waals surface area contributed by atoms with Gasteiger partial charge in [-0.05, 0) is 18.1 Å². The van der Waals surface area contributed by atoms with E-state index in [1.807, 2.05) is 24.3 Å². The van der Waals surface area contributed by atoms with Crippen LogP contribution in [0.15, 0.2) is 24.3 Å². The molecule has 0 fully saturated rings. The Balaban J connectivity index is 1.74. The molecule has 0 saturated heterocycles. The van der Waals surface area contributed by atoms with Crippen LogP contribution < -0.4 is 10.1 Å². The maximum Gasteiger partial charge on any atom is 0.261 e. The van der Waals surface area contributed by atoms with Crippen LogP contribution in [0.2, 0.25) is 0 Å². The lowest BCUT2D eigenvalue weighted by atomic mass is 10.1. The molecular formula is C14H18BrNO3. The molecule has 2 rings (SSSR count). The summed E-state index contributed by atoms with van der Waals surface area (Å²) < 4.78 is 10.6. The fraction of sp³-hybridized carbons (Fsp3) is 0.500. The first-order valence-electron chi connectivity index (χ1n) is 6.36. The van der Waals surface area contributed by atoms with Gasteiger partial charge >= 0.3 is 0 Å². The molecule has 5 heteroatoms. The zero-order valence-electron chi connectivity index (χ0n) is 10.9. The number of hydrogen-bond donors (Lipinski definition) is 1. The number of para-hydroxylation sites is 1. The van der Waals surface area contributed by atoms with E-state index in [-0.39, 0.29) is 10.7 Å². The molecule has 0 bridgehead atoms. The highest BCUT2D eigenvalue weighted by Gasteiger charge is 2.28. The van der Waals surface area contributed by atoms with E-state index >= 15 is 0 Å². The maximum atomic E-state index is 12.0. The Labute approximate surface area is 121 Å². The van der Waals surface area contributed by atoms with Crippen LogP contribution in [0, 0.1) is 0 Å². The lowest BCUT2D eigenvalue weighted by molar-refractivity contribution is -0.127. The quantitative estimate of drug-likeness (QED) is 0.812. The van der Waals surface area contributed by atoms with E-state index in [0.717, 1.165) is 17.7 Å². The van der Waals surface area contributed by atoms with E-state index in [1.54, 1.807) is 7.11 Å². The van der Waals surface area contributed by atoms with Crippen LogP contribution in [0.25, 0.3) is 0 Å². The first-order valence-corrected chi connectivity index (χ1v) is 7.27. The van der Waals surface area contributed by atoms with Crippen LogP contribution in [0.3, 0.4) is 0 Å². The Bertz CT molecular complexity index is 413. The molecule has 0 spiro atoms. The predicted octanol–water partition coefficient (Wildman–Crippen LogP) is 1.91. The summed E-state index contributed by atoms with van der Waals surface area (Å²) in [4.78, 5) is 12.2. The van der Waals surface area contributed by atoms with Gasteiger partial charge in [-0.25, -0.2) is 0 Å². The van der Waals surface area contributed by atoms with Crippen molar-refractivity contribution in [3.05, 3.63) is 29.8 Å². The largest absolute Gasteiger partial charge is 0.480 e. The van der Waals surface area contributed by atoms with Gasteiger partial charge in [-0.15, -0.1) is 0 Å². The second-order valence-electron chi connectivity index (χ2n) is 4.55. The molecule has 104 valence electrons. The van der Waals surface area contributed by atoms with Gasteiger partial charge in [0.2, 0.25) is 0 Å². The van der Waals surface area contributed by atoms with Crippen LogP contribution in [-0.4, -0.2) is 37.1 Å². The first kappa shape index (κ1) is 14.3. The fourth-order valence-corrected chi connectivity index (χ4v) is 2.55. The monoisotopic (exact) mass is 327 g/mol. The summed E-state index contributed by atoms with van der Waals surface area (Å²) in [7, 11) is 1.66. The molecule has 1 amide bonds. The zero-order valence-corrected chi connectivity index (χ0v) is 12.5. The molecular weight excluding hydrogens is 310 g/mol. The molecule has 1 aliphatic rings. The molecule has 0 aromatic heterocycles. The summed E-state index contributed by atoms with van der Waals surface area (Å²) in [5, 5.41) is 2.90. The van der Waals surface area contributed by atoms with Crippen molar-refractivity contribution in [1.29, 1.82) is 0 Å². The fourth-order valence-electron chi connectivity index (χ4n) is 2.06. The van der Waals surface area contributed by atoms with Crippen LogP contribution in [0.1, 0.15) is 12.0 Å². The Hall–Kier alpha value is -1.07. The van der Waals surface area contributed by atoms with Crippen LogP contribution in [0.5, 0.6) is 5.75 Å². The van der Waals surface area contributed by atoms with E-state index in [1.165, 1.54) is 0 Å². The van der Waals surface area contributed by atoms with Crippen LogP contribution in [0.4, 0.5) is 0 Å². The number of hydrogen-bond acceptors (Lipinski definition) is 3. The molecule has 1 aromatic carbocycles. The lowest BCUT2D eigenvalue weighted by Crippen LogP contribution is -2.38.